The summed E-state index contributed by atoms with van der Waals surface area (Å²) in [5.74, 6) is -1.34. The van der Waals surface area contributed by atoms with Crippen LogP contribution in [0, 0.1) is 0 Å². The number of benzene rings is 1. The number of hydrogen-bond donors (Lipinski definition) is 4. The number of aliphatic hydroxyl groups is 2. The Morgan fingerprint density at radius 2 is 1.96 bits per heavy atom. The molecule has 5 atom stereocenters. The van der Waals surface area contributed by atoms with Gasteiger partial charge in [-0.15, -0.1) is 0 Å². The van der Waals surface area contributed by atoms with Gasteiger partial charge < -0.3 is 30.1 Å². The van der Waals surface area contributed by atoms with E-state index in [1.54, 1.807) is 13.0 Å². The standard InChI is InChI=1S/C20H27NO7/c1-12(27-20-17(23)11-16(22)13(2)28-20)5-3-4-6-18(24)21-15-9-7-14(8-10-15)19(25)26/h4,6-10,12-13,16-17,20,22-23H,3,5,11H2,1-2H3,(H,21,24)(H,25,26)/b6-4+/t12-,13+,16-,17-,20-/m1/s1. The first-order valence-corrected chi connectivity index (χ1v) is 9.24. The summed E-state index contributed by atoms with van der Waals surface area (Å²) < 4.78 is 11.2. The average Bonchev–Trinajstić information content (AvgIpc) is 2.63. The molecule has 4 N–H and O–H groups in total. The number of rotatable bonds is 8. The molecule has 0 radical (unpaired) electrons. The molecular formula is C20H27NO7. The SMILES string of the molecule is C[C@H](CC/C=C/C(=O)Nc1ccc(C(=O)O)cc1)O[C@@H]1O[C@@H](C)[C@H](O)C[C@H]1O. The van der Waals surface area contributed by atoms with Gasteiger partial charge in [0, 0.05) is 12.1 Å². The number of aliphatic hydroxyl groups excluding tert-OH is 2. The molecule has 0 spiro atoms. The summed E-state index contributed by atoms with van der Waals surface area (Å²) in [5, 5.41) is 31.1. The molecule has 8 nitrogen and oxygen atoms in total. The van der Waals surface area contributed by atoms with E-state index < -0.39 is 30.6 Å². The summed E-state index contributed by atoms with van der Waals surface area (Å²) in [6, 6.07) is 5.89. The molecule has 1 aromatic rings. The fourth-order valence-electron chi connectivity index (χ4n) is 2.76. The Kier molecular flexibility index (Phi) is 8.13. The van der Waals surface area contributed by atoms with Crippen molar-refractivity contribution in [3.63, 3.8) is 0 Å². The van der Waals surface area contributed by atoms with Crippen molar-refractivity contribution in [1.29, 1.82) is 0 Å². The first-order valence-electron chi connectivity index (χ1n) is 9.24. The molecule has 28 heavy (non-hydrogen) atoms. The number of carboxylic acids is 1. The van der Waals surface area contributed by atoms with Gasteiger partial charge in [0.05, 0.1) is 23.9 Å². The van der Waals surface area contributed by atoms with Gasteiger partial charge in [-0.05, 0) is 57.0 Å². The van der Waals surface area contributed by atoms with Crippen LogP contribution in [-0.2, 0) is 14.3 Å². The van der Waals surface area contributed by atoms with Crippen LogP contribution in [0.3, 0.4) is 0 Å². The van der Waals surface area contributed by atoms with Crippen LogP contribution in [0.2, 0.25) is 0 Å². The van der Waals surface area contributed by atoms with E-state index in [4.69, 9.17) is 14.6 Å². The monoisotopic (exact) mass is 393 g/mol. The van der Waals surface area contributed by atoms with Crippen molar-refractivity contribution in [2.75, 3.05) is 5.32 Å². The second kappa shape index (κ2) is 10.3. The molecule has 1 amide bonds. The van der Waals surface area contributed by atoms with E-state index in [1.807, 2.05) is 6.92 Å². The molecule has 1 fully saturated rings. The quantitative estimate of drug-likeness (QED) is 0.497. The van der Waals surface area contributed by atoms with Crippen molar-refractivity contribution in [3.8, 4) is 0 Å². The summed E-state index contributed by atoms with van der Waals surface area (Å²) in [7, 11) is 0. The third-order valence-corrected chi connectivity index (χ3v) is 4.46. The maximum Gasteiger partial charge on any atom is 0.335 e. The van der Waals surface area contributed by atoms with E-state index in [-0.39, 0.29) is 24.0 Å². The first kappa shape index (κ1) is 22.0. The van der Waals surface area contributed by atoms with Crippen LogP contribution in [0.15, 0.2) is 36.4 Å². The smallest absolute Gasteiger partial charge is 0.335 e. The number of ether oxygens (including phenoxy) is 2. The summed E-state index contributed by atoms with van der Waals surface area (Å²) in [5.41, 5.74) is 0.662. The van der Waals surface area contributed by atoms with Crippen molar-refractivity contribution in [3.05, 3.63) is 42.0 Å². The van der Waals surface area contributed by atoms with Crippen molar-refractivity contribution in [2.24, 2.45) is 0 Å². The van der Waals surface area contributed by atoms with E-state index in [2.05, 4.69) is 5.32 Å². The van der Waals surface area contributed by atoms with E-state index in [1.165, 1.54) is 30.3 Å². The number of carboxylic acid groups (broad SMARTS) is 1. The van der Waals surface area contributed by atoms with Gasteiger partial charge in [-0.1, -0.05) is 6.08 Å². The van der Waals surface area contributed by atoms with Crippen LogP contribution in [0.1, 0.15) is 43.5 Å². The number of aromatic carboxylic acids is 1. The Balaban J connectivity index is 1.70. The molecular weight excluding hydrogens is 366 g/mol. The normalized spacial score (nSPS) is 26.1. The van der Waals surface area contributed by atoms with Gasteiger partial charge in [0.1, 0.15) is 6.10 Å². The Labute approximate surface area is 163 Å². The predicted octanol–water partition coefficient (Wildman–Crippen LogP) is 1.92. The number of carbonyl (C=O) groups is 2. The summed E-state index contributed by atoms with van der Waals surface area (Å²) >= 11 is 0. The fraction of sp³-hybridized carbons (Fsp3) is 0.500. The Morgan fingerprint density at radius 1 is 1.29 bits per heavy atom. The lowest BCUT2D eigenvalue weighted by atomic mass is 10.0. The maximum atomic E-state index is 11.9. The number of carbonyl (C=O) groups excluding carboxylic acids is 1. The molecule has 1 aromatic carbocycles. The minimum absolute atomic E-state index is 0.151. The predicted molar refractivity (Wildman–Crippen MR) is 102 cm³/mol. The highest BCUT2D eigenvalue weighted by Gasteiger charge is 2.35. The number of amides is 1. The molecule has 0 unspecified atom stereocenters. The third-order valence-electron chi connectivity index (χ3n) is 4.46. The molecule has 1 aliphatic heterocycles. The molecule has 0 bridgehead atoms. The number of allylic oxidation sites excluding steroid dienone is 1. The van der Waals surface area contributed by atoms with Gasteiger partial charge in [0.25, 0.3) is 0 Å². The highest BCUT2D eigenvalue weighted by atomic mass is 16.7. The zero-order valence-electron chi connectivity index (χ0n) is 15.9. The van der Waals surface area contributed by atoms with Gasteiger partial charge >= 0.3 is 5.97 Å². The van der Waals surface area contributed by atoms with Crippen LogP contribution in [0.5, 0.6) is 0 Å². The average molecular weight is 393 g/mol. The zero-order valence-corrected chi connectivity index (χ0v) is 15.9. The van der Waals surface area contributed by atoms with Gasteiger partial charge in [-0.25, -0.2) is 4.79 Å². The summed E-state index contributed by atoms with van der Waals surface area (Å²) in [6.07, 6.45) is 1.62. The molecule has 1 saturated heterocycles. The highest BCUT2D eigenvalue weighted by molar-refractivity contribution is 5.99. The Morgan fingerprint density at radius 3 is 2.61 bits per heavy atom. The molecule has 1 heterocycles. The topological polar surface area (TPSA) is 125 Å². The summed E-state index contributed by atoms with van der Waals surface area (Å²) in [4.78, 5) is 22.7. The van der Waals surface area contributed by atoms with Crippen LogP contribution >= 0.6 is 0 Å². The van der Waals surface area contributed by atoms with Gasteiger partial charge in [-0.3, -0.25) is 4.79 Å². The van der Waals surface area contributed by atoms with Crippen molar-refractivity contribution < 1.29 is 34.4 Å². The second-order valence-electron chi connectivity index (χ2n) is 6.88. The van der Waals surface area contributed by atoms with Gasteiger partial charge in [0.15, 0.2) is 6.29 Å². The Hall–Kier alpha value is -2.26. The molecule has 0 saturated carbocycles. The lowest BCUT2D eigenvalue weighted by Gasteiger charge is -2.36. The van der Waals surface area contributed by atoms with Gasteiger partial charge in [-0.2, -0.15) is 0 Å². The molecule has 8 heteroatoms. The highest BCUT2D eigenvalue weighted by Crippen LogP contribution is 2.22. The molecule has 1 aliphatic rings. The first-order chi connectivity index (χ1) is 13.3. The molecule has 2 rings (SSSR count). The lowest BCUT2D eigenvalue weighted by molar-refractivity contribution is -0.273. The van der Waals surface area contributed by atoms with E-state index in [0.717, 1.165) is 0 Å². The van der Waals surface area contributed by atoms with Crippen molar-refractivity contribution in [2.45, 2.75) is 63.8 Å². The minimum atomic E-state index is -1.02. The maximum absolute atomic E-state index is 11.9. The molecule has 0 aliphatic carbocycles. The van der Waals surface area contributed by atoms with E-state index >= 15 is 0 Å². The van der Waals surface area contributed by atoms with Crippen molar-refractivity contribution in [1.82, 2.24) is 0 Å². The number of anilines is 1. The zero-order chi connectivity index (χ0) is 20.7. The van der Waals surface area contributed by atoms with Crippen LogP contribution in [0.25, 0.3) is 0 Å². The van der Waals surface area contributed by atoms with E-state index in [0.29, 0.717) is 18.5 Å². The number of hydrogen-bond acceptors (Lipinski definition) is 6. The molecule has 0 aromatic heterocycles. The number of nitrogens with one attached hydrogen (secondary N) is 1. The van der Waals surface area contributed by atoms with Crippen molar-refractivity contribution >= 4 is 17.6 Å². The third kappa shape index (κ3) is 6.72. The fourth-order valence-corrected chi connectivity index (χ4v) is 2.76. The van der Waals surface area contributed by atoms with Gasteiger partial charge in [0.2, 0.25) is 5.91 Å². The minimum Gasteiger partial charge on any atom is -0.478 e. The largest absolute Gasteiger partial charge is 0.478 e. The van der Waals surface area contributed by atoms with E-state index in [9.17, 15) is 19.8 Å². The molecule has 154 valence electrons. The second-order valence-corrected chi connectivity index (χ2v) is 6.88. The van der Waals surface area contributed by atoms with Crippen LogP contribution in [-0.4, -0.2) is 57.9 Å². The summed E-state index contributed by atoms with van der Waals surface area (Å²) in [6.45, 7) is 3.58. The lowest BCUT2D eigenvalue weighted by Crippen LogP contribution is -2.48. The van der Waals surface area contributed by atoms with Crippen LogP contribution < -0.4 is 5.32 Å². The van der Waals surface area contributed by atoms with Crippen LogP contribution in [0.4, 0.5) is 5.69 Å². The Bertz CT molecular complexity index is 688.